The minimum atomic E-state index is 0.109. The van der Waals surface area contributed by atoms with Crippen LogP contribution in [-0.2, 0) is 0 Å². The third-order valence-electron chi connectivity index (χ3n) is 3.95. The molecule has 3 heteroatoms. The van der Waals surface area contributed by atoms with E-state index in [-0.39, 0.29) is 6.10 Å². The van der Waals surface area contributed by atoms with Crippen molar-refractivity contribution >= 4 is 15.9 Å². The van der Waals surface area contributed by atoms with E-state index in [1.165, 1.54) is 16.7 Å². The molecule has 0 amide bonds. The molecule has 1 heterocycles. The van der Waals surface area contributed by atoms with Crippen LogP contribution in [0.25, 0.3) is 0 Å². The van der Waals surface area contributed by atoms with Crippen LogP contribution in [0.1, 0.15) is 42.2 Å². The molecule has 0 aliphatic carbocycles. The SMILES string of the molecule is CCNC1CC(c2ccc(Br)cc2)Oc2ccc(C)cc21. The van der Waals surface area contributed by atoms with Crippen LogP contribution < -0.4 is 10.1 Å². The Balaban J connectivity index is 1.93. The van der Waals surface area contributed by atoms with E-state index in [1.54, 1.807) is 0 Å². The Morgan fingerprint density at radius 1 is 1.19 bits per heavy atom. The second-order valence-electron chi connectivity index (χ2n) is 5.55. The first-order valence-electron chi connectivity index (χ1n) is 7.43. The molecule has 0 aromatic heterocycles. The highest BCUT2D eigenvalue weighted by molar-refractivity contribution is 9.10. The third-order valence-corrected chi connectivity index (χ3v) is 4.48. The van der Waals surface area contributed by atoms with Gasteiger partial charge in [0.05, 0.1) is 0 Å². The Bertz CT molecular complexity index is 624. The van der Waals surface area contributed by atoms with Gasteiger partial charge in [0.1, 0.15) is 11.9 Å². The van der Waals surface area contributed by atoms with Gasteiger partial charge in [-0.1, -0.05) is 52.7 Å². The van der Waals surface area contributed by atoms with Crippen molar-refractivity contribution in [2.75, 3.05) is 6.54 Å². The van der Waals surface area contributed by atoms with E-state index >= 15 is 0 Å². The number of benzene rings is 2. The molecule has 110 valence electrons. The van der Waals surface area contributed by atoms with E-state index in [1.807, 2.05) is 0 Å². The summed E-state index contributed by atoms with van der Waals surface area (Å²) in [6.45, 7) is 5.24. The van der Waals surface area contributed by atoms with Crippen molar-refractivity contribution in [3.05, 3.63) is 63.6 Å². The van der Waals surface area contributed by atoms with Gasteiger partial charge in [-0.3, -0.25) is 0 Å². The lowest BCUT2D eigenvalue weighted by atomic mass is 9.92. The molecule has 1 aliphatic heterocycles. The number of nitrogens with one attached hydrogen (secondary N) is 1. The van der Waals surface area contributed by atoms with Crippen LogP contribution in [0.15, 0.2) is 46.9 Å². The molecule has 2 unspecified atom stereocenters. The van der Waals surface area contributed by atoms with E-state index in [4.69, 9.17) is 4.74 Å². The normalized spacial score (nSPS) is 20.7. The number of hydrogen-bond acceptors (Lipinski definition) is 2. The van der Waals surface area contributed by atoms with E-state index in [9.17, 15) is 0 Å². The van der Waals surface area contributed by atoms with E-state index < -0.39 is 0 Å². The summed E-state index contributed by atoms with van der Waals surface area (Å²) in [5, 5.41) is 3.59. The summed E-state index contributed by atoms with van der Waals surface area (Å²) >= 11 is 3.49. The van der Waals surface area contributed by atoms with Gasteiger partial charge in [0.2, 0.25) is 0 Å². The van der Waals surface area contributed by atoms with E-state index in [2.05, 4.69) is 77.6 Å². The predicted octanol–water partition coefficient (Wildman–Crippen LogP) is 4.93. The van der Waals surface area contributed by atoms with Crippen LogP contribution in [0.4, 0.5) is 0 Å². The van der Waals surface area contributed by atoms with Gasteiger partial charge in [-0.05, 0) is 37.2 Å². The molecule has 3 rings (SSSR count). The Kier molecular flexibility index (Phi) is 4.32. The quantitative estimate of drug-likeness (QED) is 0.851. The van der Waals surface area contributed by atoms with Crippen LogP contribution in [0.5, 0.6) is 5.75 Å². The summed E-state index contributed by atoms with van der Waals surface area (Å²) in [4.78, 5) is 0. The molecule has 1 aliphatic rings. The summed E-state index contributed by atoms with van der Waals surface area (Å²) in [6, 6.07) is 15.2. The Labute approximate surface area is 134 Å². The largest absolute Gasteiger partial charge is 0.485 e. The van der Waals surface area contributed by atoms with Crippen LogP contribution in [0, 0.1) is 6.92 Å². The first kappa shape index (κ1) is 14.6. The summed E-state index contributed by atoms with van der Waals surface area (Å²) in [6.07, 6.45) is 1.07. The number of hydrogen-bond donors (Lipinski definition) is 1. The van der Waals surface area contributed by atoms with Crippen molar-refractivity contribution in [1.82, 2.24) is 5.32 Å². The van der Waals surface area contributed by atoms with Gasteiger partial charge in [-0.25, -0.2) is 0 Å². The number of rotatable bonds is 3. The molecule has 0 spiro atoms. The minimum Gasteiger partial charge on any atom is -0.485 e. The molecule has 0 radical (unpaired) electrons. The molecule has 0 fully saturated rings. The first-order chi connectivity index (χ1) is 10.2. The fourth-order valence-electron chi connectivity index (χ4n) is 2.91. The van der Waals surface area contributed by atoms with Gasteiger partial charge in [0.15, 0.2) is 0 Å². The monoisotopic (exact) mass is 345 g/mol. The van der Waals surface area contributed by atoms with Gasteiger partial charge in [-0.2, -0.15) is 0 Å². The van der Waals surface area contributed by atoms with Crippen molar-refractivity contribution in [1.29, 1.82) is 0 Å². The van der Waals surface area contributed by atoms with Crippen LogP contribution >= 0.6 is 15.9 Å². The van der Waals surface area contributed by atoms with Gasteiger partial charge >= 0.3 is 0 Å². The second kappa shape index (κ2) is 6.20. The van der Waals surface area contributed by atoms with Gasteiger partial charge < -0.3 is 10.1 Å². The molecule has 2 aromatic rings. The lowest BCUT2D eigenvalue weighted by Gasteiger charge is -2.33. The van der Waals surface area contributed by atoms with Crippen molar-refractivity contribution in [2.45, 2.75) is 32.4 Å². The zero-order valence-electron chi connectivity index (χ0n) is 12.4. The third kappa shape index (κ3) is 3.14. The predicted molar refractivity (Wildman–Crippen MR) is 89.7 cm³/mol. The molecule has 2 atom stereocenters. The second-order valence-corrected chi connectivity index (χ2v) is 6.46. The van der Waals surface area contributed by atoms with Crippen molar-refractivity contribution < 1.29 is 4.74 Å². The standard InChI is InChI=1S/C18H20BrNO/c1-3-20-16-11-18(13-5-7-14(19)8-6-13)21-17-9-4-12(2)10-15(16)17/h4-10,16,18,20H,3,11H2,1-2H3. The number of halogens is 1. The maximum Gasteiger partial charge on any atom is 0.126 e. The van der Waals surface area contributed by atoms with Crippen molar-refractivity contribution in [2.24, 2.45) is 0 Å². The fraction of sp³-hybridized carbons (Fsp3) is 0.333. The Hall–Kier alpha value is -1.32. The molecule has 0 saturated carbocycles. The summed E-state index contributed by atoms with van der Waals surface area (Å²) < 4.78 is 7.33. The van der Waals surface area contributed by atoms with Gasteiger partial charge in [0.25, 0.3) is 0 Å². The minimum absolute atomic E-state index is 0.109. The van der Waals surface area contributed by atoms with Crippen LogP contribution in [0.3, 0.4) is 0 Å². The van der Waals surface area contributed by atoms with E-state index in [0.29, 0.717) is 6.04 Å². The van der Waals surface area contributed by atoms with Crippen LogP contribution in [0.2, 0.25) is 0 Å². The summed E-state index contributed by atoms with van der Waals surface area (Å²) in [5.41, 5.74) is 3.79. The lowest BCUT2D eigenvalue weighted by Crippen LogP contribution is -2.29. The fourth-order valence-corrected chi connectivity index (χ4v) is 3.18. The maximum atomic E-state index is 6.23. The summed E-state index contributed by atoms with van der Waals surface area (Å²) in [7, 11) is 0. The zero-order valence-corrected chi connectivity index (χ0v) is 14.0. The molecule has 0 bridgehead atoms. The number of ether oxygens (including phenoxy) is 1. The van der Waals surface area contributed by atoms with Crippen molar-refractivity contribution in [3.8, 4) is 5.75 Å². The lowest BCUT2D eigenvalue weighted by molar-refractivity contribution is 0.152. The molecule has 21 heavy (non-hydrogen) atoms. The average Bonchev–Trinajstić information content (AvgIpc) is 2.48. The smallest absolute Gasteiger partial charge is 0.126 e. The highest BCUT2D eigenvalue weighted by Gasteiger charge is 2.28. The molecular weight excluding hydrogens is 326 g/mol. The van der Waals surface area contributed by atoms with Crippen molar-refractivity contribution in [3.63, 3.8) is 0 Å². The van der Waals surface area contributed by atoms with Gasteiger partial charge in [-0.15, -0.1) is 0 Å². The molecule has 0 saturated heterocycles. The maximum absolute atomic E-state index is 6.23. The topological polar surface area (TPSA) is 21.3 Å². The highest BCUT2D eigenvalue weighted by atomic mass is 79.9. The summed E-state index contributed by atoms with van der Waals surface area (Å²) in [5.74, 6) is 1.01. The zero-order chi connectivity index (χ0) is 14.8. The molecule has 2 nitrogen and oxygen atoms in total. The number of fused-ring (bicyclic) bond motifs is 1. The molecular formula is C18H20BrNO. The van der Waals surface area contributed by atoms with Gasteiger partial charge in [0, 0.05) is 22.5 Å². The van der Waals surface area contributed by atoms with Crippen LogP contribution in [-0.4, -0.2) is 6.54 Å². The Morgan fingerprint density at radius 3 is 2.67 bits per heavy atom. The van der Waals surface area contributed by atoms with E-state index in [0.717, 1.165) is 23.2 Å². The first-order valence-corrected chi connectivity index (χ1v) is 8.22. The highest BCUT2D eigenvalue weighted by Crippen LogP contribution is 2.41. The molecule has 2 aromatic carbocycles. The Morgan fingerprint density at radius 2 is 1.95 bits per heavy atom. The average molecular weight is 346 g/mol. The molecule has 1 N–H and O–H groups in total. The number of aryl methyl sites for hydroxylation is 1.